The van der Waals surface area contributed by atoms with Crippen LogP contribution in [0.2, 0.25) is 5.02 Å². The highest BCUT2D eigenvalue weighted by Gasteiger charge is 2.31. The number of piperidine rings is 1. The maximum atomic E-state index is 12.9. The Hall–Kier alpha value is -1.11. The van der Waals surface area contributed by atoms with Gasteiger partial charge in [-0.25, -0.2) is 8.42 Å². The van der Waals surface area contributed by atoms with Crippen molar-refractivity contribution in [3.05, 3.63) is 28.8 Å². The first-order valence-corrected chi connectivity index (χ1v) is 9.64. The molecular weight excluding hydrogens is 336 g/mol. The van der Waals surface area contributed by atoms with E-state index in [1.165, 1.54) is 21.3 Å². The molecule has 0 bridgehead atoms. The first-order chi connectivity index (χ1) is 10.8. The Labute approximate surface area is 143 Å². The predicted octanol–water partition coefficient (Wildman–Crippen LogP) is 2.85. The molecular formula is C16H23ClN2O3S. The number of hydrogen-bond acceptors (Lipinski definition) is 3. The largest absolute Gasteiger partial charge is 0.342 e. The fourth-order valence-corrected chi connectivity index (χ4v) is 4.80. The molecule has 1 unspecified atom stereocenters. The lowest BCUT2D eigenvalue weighted by Crippen LogP contribution is -2.39. The number of benzene rings is 1. The van der Waals surface area contributed by atoms with Crippen LogP contribution < -0.4 is 0 Å². The third-order valence-electron chi connectivity index (χ3n) is 4.24. The highest BCUT2D eigenvalue weighted by atomic mass is 35.5. The van der Waals surface area contributed by atoms with Gasteiger partial charge in [-0.1, -0.05) is 18.5 Å². The van der Waals surface area contributed by atoms with Gasteiger partial charge in [-0.3, -0.25) is 4.79 Å². The average molecular weight is 359 g/mol. The minimum atomic E-state index is -3.68. The molecule has 128 valence electrons. The van der Waals surface area contributed by atoms with Crippen molar-refractivity contribution in [2.45, 2.75) is 31.6 Å². The van der Waals surface area contributed by atoms with Crippen molar-refractivity contribution in [3.63, 3.8) is 0 Å². The first kappa shape index (κ1) is 18.2. The second-order valence-corrected chi connectivity index (χ2v) is 8.39. The van der Waals surface area contributed by atoms with Gasteiger partial charge >= 0.3 is 0 Å². The van der Waals surface area contributed by atoms with Crippen molar-refractivity contribution in [2.24, 2.45) is 5.92 Å². The smallest absolute Gasteiger partial charge is 0.253 e. The summed E-state index contributed by atoms with van der Waals surface area (Å²) in [5, 5.41) is 0.152. The Bertz CT molecular complexity index is 691. The highest BCUT2D eigenvalue weighted by molar-refractivity contribution is 7.89. The molecule has 1 atom stereocenters. The summed E-state index contributed by atoms with van der Waals surface area (Å²) >= 11 is 6.12. The Morgan fingerprint density at radius 2 is 2.13 bits per heavy atom. The second kappa shape index (κ2) is 7.20. The maximum Gasteiger partial charge on any atom is 0.253 e. The Balaban J connectivity index is 2.40. The van der Waals surface area contributed by atoms with Crippen molar-refractivity contribution in [3.8, 4) is 0 Å². The van der Waals surface area contributed by atoms with E-state index in [0.29, 0.717) is 31.1 Å². The maximum absolute atomic E-state index is 12.9. The van der Waals surface area contributed by atoms with E-state index in [2.05, 4.69) is 0 Å². The van der Waals surface area contributed by atoms with Crippen LogP contribution in [0.5, 0.6) is 0 Å². The van der Waals surface area contributed by atoms with Crippen molar-refractivity contribution in [1.29, 1.82) is 0 Å². The molecule has 1 saturated heterocycles. The van der Waals surface area contributed by atoms with Crippen LogP contribution in [0.1, 0.15) is 37.0 Å². The molecule has 7 heteroatoms. The molecule has 1 heterocycles. The van der Waals surface area contributed by atoms with E-state index in [1.807, 2.05) is 13.8 Å². The zero-order valence-corrected chi connectivity index (χ0v) is 15.3. The molecule has 5 nitrogen and oxygen atoms in total. The van der Waals surface area contributed by atoms with Gasteiger partial charge in [0, 0.05) is 32.2 Å². The summed E-state index contributed by atoms with van der Waals surface area (Å²) in [4.78, 5) is 13.8. The molecule has 1 aromatic carbocycles. The molecule has 0 N–H and O–H groups in total. The molecule has 0 radical (unpaired) electrons. The molecule has 0 saturated carbocycles. The fourth-order valence-electron chi connectivity index (χ4n) is 2.70. The summed E-state index contributed by atoms with van der Waals surface area (Å²) in [6.07, 6.45) is 1.87. The van der Waals surface area contributed by atoms with Crippen LogP contribution in [0.4, 0.5) is 0 Å². The lowest BCUT2D eigenvalue weighted by atomic mass is 10.0. The van der Waals surface area contributed by atoms with E-state index in [-0.39, 0.29) is 15.8 Å². The normalized spacial score (nSPS) is 19.6. The van der Waals surface area contributed by atoms with Gasteiger partial charge in [-0.2, -0.15) is 4.31 Å². The summed E-state index contributed by atoms with van der Waals surface area (Å²) in [5.41, 5.74) is 0.336. The SMILES string of the molecule is CCN(C)C(=O)c1ccc(Cl)c(S(=O)(=O)N2CCCC(C)C2)c1. The van der Waals surface area contributed by atoms with Crippen LogP contribution in [0.3, 0.4) is 0 Å². The summed E-state index contributed by atoms with van der Waals surface area (Å²) in [7, 11) is -2.01. The van der Waals surface area contributed by atoms with Crippen LogP contribution in [0.25, 0.3) is 0 Å². The number of nitrogens with zero attached hydrogens (tertiary/aromatic N) is 2. The third-order valence-corrected chi connectivity index (χ3v) is 6.58. The van der Waals surface area contributed by atoms with E-state index in [9.17, 15) is 13.2 Å². The van der Waals surface area contributed by atoms with Gasteiger partial charge in [0.15, 0.2) is 0 Å². The minimum Gasteiger partial charge on any atom is -0.342 e. The second-order valence-electron chi connectivity index (χ2n) is 6.07. The molecule has 1 aliphatic rings. The zero-order valence-electron chi connectivity index (χ0n) is 13.8. The van der Waals surface area contributed by atoms with Crippen molar-refractivity contribution < 1.29 is 13.2 Å². The Kier molecular flexibility index (Phi) is 5.70. The summed E-state index contributed by atoms with van der Waals surface area (Å²) in [6, 6.07) is 4.44. The minimum absolute atomic E-state index is 0.0172. The summed E-state index contributed by atoms with van der Waals surface area (Å²) in [6.45, 7) is 5.44. The van der Waals surface area contributed by atoms with Gasteiger partial charge in [0.05, 0.1) is 5.02 Å². The molecule has 0 aromatic heterocycles. The number of hydrogen-bond donors (Lipinski definition) is 0. The van der Waals surface area contributed by atoms with Crippen molar-refractivity contribution in [2.75, 3.05) is 26.7 Å². The molecule has 0 spiro atoms. The fraction of sp³-hybridized carbons (Fsp3) is 0.562. The number of carbonyl (C=O) groups excluding carboxylic acids is 1. The van der Waals surface area contributed by atoms with Crippen LogP contribution in [-0.4, -0.2) is 50.2 Å². The predicted molar refractivity (Wildman–Crippen MR) is 91.2 cm³/mol. The lowest BCUT2D eigenvalue weighted by molar-refractivity contribution is 0.0802. The number of sulfonamides is 1. The van der Waals surface area contributed by atoms with Gasteiger partial charge in [0.25, 0.3) is 5.91 Å². The molecule has 1 fully saturated rings. The van der Waals surface area contributed by atoms with Crippen LogP contribution >= 0.6 is 11.6 Å². The van der Waals surface area contributed by atoms with Gasteiger partial charge < -0.3 is 4.90 Å². The zero-order chi connectivity index (χ0) is 17.2. The summed E-state index contributed by atoms with van der Waals surface area (Å²) < 4.78 is 27.2. The van der Waals surface area contributed by atoms with Crippen LogP contribution in [0.15, 0.2) is 23.1 Å². The Morgan fingerprint density at radius 1 is 1.43 bits per heavy atom. The average Bonchev–Trinajstić information content (AvgIpc) is 2.53. The topological polar surface area (TPSA) is 57.7 Å². The van der Waals surface area contributed by atoms with Gasteiger partial charge in [-0.15, -0.1) is 0 Å². The van der Waals surface area contributed by atoms with Gasteiger partial charge in [-0.05, 0) is 43.9 Å². The van der Waals surface area contributed by atoms with Crippen LogP contribution in [0, 0.1) is 5.92 Å². The van der Waals surface area contributed by atoms with Crippen molar-refractivity contribution in [1.82, 2.24) is 9.21 Å². The lowest BCUT2D eigenvalue weighted by Gasteiger charge is -2.30. The highest BCUT2D eigenvalue weighted by Crippen LogP contribution is 2.29. The van der Waals surface area contributed by atoms with Gasteiger partial charge in [0.1, 0.15) is 4.90 Å². The van der Waals surface area contributed by atoms with E-state index < -0.39 is 10.0 Å². The van der Waals surface area contributed by atoms with E-state index in [1.54, 1.807) is 13.1 Å². The van der Waals surface area contributed by atoms with Crippen molar-refractivity contribution >= 4 is 27.5 Å². The first-order valence-electron chi connectivity index (χ1n) is 7.82. The third kappa shape index (κ3) is 3.87. The molecule has 1 aromatic rings. The Morgan fingerprint density at radius 3 is 2.74 bits per heavy atom. The number of carbonyl (C=O) groups is 1. The van der Waals surface area contributed by atoms with Gasteiger partial charge in [0.2, 0.25) is 10.0 Å². The number of rotatable bonds is 4. The standard InChI is InChI=1S/C16H23ClN2O3S/c1-4-18(3)16(20)13-7-8-14(17)15(10-13)23(21,22)19-9-5-6-12(2)11-19/h7-8,10,12H,4-6,9,11H2,1-3H3. The van der Waals surface area contributed by atoms with E-state index in [4.69, 9.17) is 11.6 Å². The monoisotopic (exact) mass is 358 g/mol. The molecule has 1 amide bonds. The molecule has 1 aliphatic heterocycles. The molecule has 2 rings (SSSR count). The van der Waals surface area contributed by atoms with E-state index >= 15 is 0 Å². The number of amides is 1. The van der Waals surface area contributed by atoms with Crippen LogP contribution in [-0.2, 0) is 10.0 Å². The molecule has 23 heavy (non-hydrogen) atoms. The number of halogens is 1. The molecule has 0 aliphatic carbocycles. The summed E-state index contributed by atoms with van der Waals surface area (Å²) in [5.74, 6) is 0.112. The van der Waals surface area contributed by atoms with E-state index in [0.717, 1.165) is 12.8 Å². The quantitative estimate of drug-likeness (QED) is 0.831.